The topological polar surface area (TPSA) is 100 Å². The fraction of sp³-hybridized carbons (Fsp3) is 0.278. The number of hydrogen-bond donors (Lipinski definition) is 3. The average Bonchev–Trinajstić information content (AvgIpc) is 3.31. The largest absolute Gasteiger partial charge is 0.459 e. The molecule has 1 unspecified atom stereocenters. The van der Waals surface area contributed by atoms with Gasteiger partial charge in [-0.05, 0) is 56.2 Å². The average molecular weight is 341 g/mol. The third-order valence-corrected chi connectivity index (χ3v) is 3.85. The van der Waals surface area contributed by atoms with Gasteiger partial charge in [-0.2, -0.15) is 0 Å². The number of furan rings is 1. The molecule has 1 atom stereocenters. The second-order valence-electron chi connectivity index (χ2n) is 6.00. The Kier molecular flexibility index (Phi) is 4.83. The van der Waals surface area contributed by atoms with Gasteiger partial charge in [-0.25, -0.2) is 0 Å². The zero-order valence-corrected chi connectivity index (χ0v) is 13.7. The van der Waals surface area contributed by atoms with Gasteiger partial charge in [0, 0.05) is 17.3 Å². The van der Waals surface area contributed by atoms with Crippen molar-refractivity contribution in [3.05, 3.63) is 48.4 Å². The lowest BCUT2D eigenvalue weighted by Gasteiger charge is -2.13. The molecule has 1 aromatic carbocycles. The van der Waals surface area contributed by atoms with Crippen LogP contribution >= 0.6 is 0 Å². The fourth-order valence-electron chi connectivity index (χ4n) is 2.22. The quantitative estimate of drug-likeness (QED) is 0.751. The molecule has 0 spiro atoms. The highest BCUT2D eigenvalue weighted by atomic mass is 16.3. The van der Waals surface area contributed by atoms with Crippen molar-refractivity contribution in [2.75, 3.05) is 10.6 Å². The van der Waals surface area contributed by atoms with E-state index in [9.17, 15) is 14.4 Å². The van der Waals surface area contributed by atoms with Gasteiger partial charge < -0.3 is 20.4 Å². The van der Waals surface area contributed by atoms with E-state index in [-0.39, 0.29) is 23.5 Å². The van der Waals surface area contributed by atoms with Gasteiger partial charge in [-0.3, -0.25) is 14.4 Å². The van der Waals surface area contributed by atoms with Crippen LogP contribution in [-0.4, -0.2) is 23.8 Å². The maximum Gasteiger partial charge on any atom is 0.287 e. The zero-order valence-electron chi connectivity index (χ0n) is 13.7. The highest BCUT2D eigenvalue weighted by molar-refractivity contribution is 6.00. The van der Waals surface area contributed by atoms with Crippen LogP contribution in [0.3, 0.4) is 0 Å². The molecule has 3 amide bonds. The Balaban J connectivity index is 1.51. The summed E-state index contributed by atoms with van der Waals surface area (Å²) in [6, 6.07) is 9.23. The number of nitrogens with one attached hydrogen (secondary N) is 3. The van der Waals surface area contributed by atoms with Crippen molar-refractivity contribution in [1.82, 2.24) is 5.32 Å². The molecule has 1 heterocycles. The number of amides is 3. The van der Waals surface area contributed by atoms with E-state index in [2.05, 4.69) is 16.0 Å². The fourth-order valence-corrected chi connectivity index (χ4v) is 2.22. The summed E-state index contributed by atoms with van der Waals surface area (Å²) in [4.78, 5) is 35.7. The molecule has 0 aliphatic heterocycles. The predicted octanol–water partition coefficient (Wildman–Crippen LogP) is 2.39. The summed E-state index contributed by atoms with van der Waals surface area (Å²) in [5.74, 6) is -0.486. The van der Waals surface area contributed by atoms with Crippen LogP contribution < -0.4 is 16.0 Å². The molecule has 3 rings (SSSR count). The van der Waals surface area contributed by atoms with E-state index in [1.165, 1.54) is 12.3 Å². The molecule has 1 aromatic heterocycles. The van der Waals surface area contributed by atoms with Gasteiger partial charge in [0.15, 0.2) is 5.76 Å². The third-order valence-electron chi connectivity index (χ3n) is 3.85. The molecular formula is C18H19N3O4. The first kappa shape index (κ1) is 16.8. The summed E-state index contributed by atoms with van der Waals surface area (Å²) in [5.41, 5.74) is 1.27. The normalized spacial score (nSPS) is 14.4. The highest BCUT2D eigenvalue weighted by Crippen LogP contribution is 2.30. The second kappa shape index (κ2) is 7.21. The van der Waals surface area contributed by atoms with E-state index < -0.39 is 11.9 Å². The first-order chi connectivity index (χ1) is 12.0. The Labute approximate surface area is 144 Å². The van der Waals surface area contributed by atoms with E-state index in [4.69, 9.17) is 4.42 Å². The summed E-state index contributed by atoms with van der Waals surface area (Å²) in [6.45, 7) is 1.58. The van der Waals surface area contributed by atoms with E-state index >= 15 is 0 Å². The number of anilines is 2. The summed E-state index contributed by atoms with van der Waals surface area (Å²) in [6.07, 6.45) is 3.28. The molecule has 130 valence electrons. The van der Waals surface area contributed by atoms with Crippen molar-refractivity contribution >= 4 is 29.1 Å². The second-order valence-corrected chi connectivity index (χ2v) is 6.00. The minimum atomic E-state index is -0.730. The van der Waals surface area contributed by atoms with Gasteiger partial charge in [-0.15, -0.1) is 0 Å². The molecular weight excluding hydrogens is 322 g/mol. The Bertz CT molecular complexity index is 764. The SMILES string of the molecule is CC(NC(=O)c1ccco1)C(=O)Nc1ccc(NC(=O)C2CC2)cc1. The van der Waals surface area contributed by atoms with Crippen LogP contribution in [0.15, 0.2) is 47.1 Å². The number of carbonyl (C=O) groups is 3. The Morgan fingerprint density at radius 3 is 2.24 bits per heavy atom. The highest BCUT2D eigenvalue weighted by Gasteiger charge is 2.29. The lowest BCUT2D eigenvalue weighted by molar-refractivity contribution is -0.118. The van der Waals surface area contributed by atoms with Gasteiger partial charge in [0.25, 0.3) is 5.91 Å². The molecule has 1 fully saturated rings. The first-order valence-electron chi connectivity index (χ1n) is 8.09. The number of benzene rings is 1. The van der Waals surface area contributed by atoms with Crippen molar-refractivity contribution in [3.63, 3.8) is 0 Å². The minimum absolute atomic E-state index is 0.0334. The minimum Gasteiger partial charge on any atom is -0.459 e. The molecule has 3 N–H and O–H groups in total. The van der Waals surface area contributed by atoms with Gasteiger partial charge in [0.2, 0.25) is 11.8 Å². The Morgan fingerprint density at radius 2 is 1.68 bits per heavy atom. The van der Waals surface area contributed by atoms with Gasteiger partial charge in [-0.1, -0.05) is 0 Å². The monoisotopic (exact) mass is 341 g/mol. The standard InChI is InChI=1S/C18H19N3O4/c1-11(19-18(24)15-3-2-10-25-15)16(22)20-13-6-8-14(9-7-13)21-17(23)12-4-5-12/h2-3,6-12H,4-5H2,1H3,(H,19,24)(H,20,22)(H,21,23). The van der Waals surface area contributed by atoms with Crippen molar-refractivity contribution in [3.8, 4) is 0 Å². The van der Waals surface area contributed by atoms with Crippen LogP contribution in [0.1, 0.15) is 30.3 Å². The van der Waals surface area contributed by atoms with Crippen LogP contribution in [0, 0.1) is 5.92 Å². The van der Waals surface area contributed by atoms with Crippen LogP contribution in [0.4, 0.5) is 11.4 Å². The van der Waals surface area contributed by atoms with Crippen molar-refractivity contribution in [1.29, 1.82) is 0 Å². The van der Waals surface area contributed by atoms with Crippen LogP contribution in [0.2, 0.25) is 0 Å². The van der Waals surface area contributed by atoms with Crippen LogP contribution in [-0.2, 0) is 9.59 Å². The maximum atomic E-state index is 12.2. The van der Waals surface area contributed by atoms with Crippen molar-refractivity contribution < 1.29 is 18.8 Å². The number of hydrogen-bond acceptors (Lipinski definition) is 4. The van der Waals surface area contributed by atoms with Crippen molar-refractivity contribution in [2.45, 2.75) is 25.8 Å². The molecule has 7 heteroatoms. The van der Waals surface area contributed by atoms with Gasteiger partial charge in [0.1, 0.15) is 6.04 Å². The van der Waals surface area contributed by atoms with E-state index in [0.717, 1.165) is 12.8 Å². The Morgan fingerprint density at radius 1 is 1.04 bits per heavy atom. The molecule has 25 heavy (non-hydrogen) atoms. The van der Waals surface area contributed by atoms with E-state index in [1.54, 1.807) is 37.3 Å². The van der Waals surface area contributed by atoms with Crippen molar-refractivity contribution in [2.24, 2.45) is 5.92 Å². The van der Waals surface area contributed by atoms with Gasteiger partial charge >= 0.3 is 0 Å². The molecule has 7 nitrogen and oxygen atoms in total. The zero-order chi connectivity index (χ0) is 17.8. The lowest BCUT2D eigenvalue weighted by Crippen LogP contribution is -2.41. The van der Waals surface area contributed by atoms with Crippen LogP contribution in [0.25, 0.3) is 0 Å². The predicted molar refractivity (Wildman–Crippen MR) is 92.1 cm³/mol. The summed E-state index contributed by atoms with van der Waals surface area (Å²) < 4.78 is 4.98. The molecule has 1 aliphatic rings. The van der Waals surface area contributed by atoms with E-state index in [0.29, 0.717) is 11.4 Å². The molecule has 2 aromatic rings. The molecule has 0 saturated heterocycles. The molecule has 0 radical (unpaired) electrons. The van der Waals surface area contributed by atoms with E-state index in [1.807, 2.05) is 0 Å². The smallest absolute Gasteiger partial charge is 0.287 e. The molecule has 0 bridgehead atoms. The summed E-state index contributed by atoms with van der Waals surface area (Å²) in [5, 5.41) is 8.10. The molecule has 1 aliphatic carbocycles. The first-order valence-corrected chi connectivity index (χ1v) is 8.09. The number of rotatable bonds is 6. The van der Waals surface area contributed by atoms with Crippen LogP contribution in [0.5, 0.6) is 0 Å². The summed E-state index contributed by atoms with van der Waals surface area (Å²) >= 11 is 0. The Hall–Kier alpha value is -3.09. The number of carbonyl (C=O) groups excluding carboxylic acids is 3. The summed E-state index contributed by atoms with van der Waals surface area (Å²) in [7, 11) is 0. The maximum absolute atomic E-state index is 12.2. The lowest BCUT2D eigenvalue weighted by atomic mass is 10.2. The molecule has 1 saturated carbocycles. The van der Waals surface area contributed by atoms with Gasteiger partial charge in [0.05, 0.1) is 6.26 Å². The third kappa shape index (κ3) is 4.47.